The van der Waals surface area contributed by atoms with Crippen LogP contribution in [0.25, 0.3) is 21.9 Å². The number of hydrogen-bond acceptors (Lipinski definition) is 0. The minimum atomic E-state index is -0.168. The van der Waals surface area contributed by atoms with Gasteiger partial charge in [0, 0.05) is 0 Å². The third-order valence-corrected chi connectivity index (χ3v) is 5.08. The van der Waals surface area contributed by atoms with E-state index >= 15 is 0 Å². The Hall–Kier alpha value is -0.860. The summed E-state index contributed by atoms with van der Waals surface area (Å²) in [7, 11) is 0. The first-order valence-corrected chi connectivity index (χ1v) is 13.1. The Morgan fingerprint density at radius 2 is 1.45 bits per heavy atom. The van der Waals surface area contributed by atoms with Crippen molar-refractivity contribution in [1.82, 2.24) is 0 Å². The monoisotopic (exact) mass is 550 g/mol. The van der Waals surface area contributed by atoms with Crippen molar-refractivity contribution >= 4 is 42.5 Å². The van der Waals surface area contributed by atoms with E-state index in [1.54, 1.807) is 6.07 Å². The van der Waals surface area contributed by atoms with Gasteiger partial charge >= 0.3 is 30.2 Å². The van der Waals surface area contributed by atoms with E-state index in [1.807, 2.05) is 48.5 Å². The van der Waals surface area contributed by atoms with Gasteiger partial charge in [-0.1, -0.05) is 51.0 Å². The molecule has 0 amide bonds. The number of benzene rings is 2. The van der Waals surface area contributed by atoms with Crippen LogP contribution >= 0.6 is 24.8 Å². The molecule has 0 bridgehead atoms. The summed E-state index contributed by atoms with van der Waals surface area (Å²) < 4.78 is 13.7. The summed E-state index contributed by atoms with van der Waals surface area (Å²) in [6.45, 7) is 11.7. The van der Waals surface area contributed by atoms with Crippen LogP contribution < -0.4 is 0 Å². The van der Waals surface area contributed by atoms with Crippen LogP contribution in [0.2, 0.25) is 0 Å². The second kappa shape index (κ2) is 16.7. The zero-order valence-corrected chi connectivity index (χ0v) is 24.1. The van der Waals surface area contributed by atoms with E-state index in [0.717, 1.165) is 16.3 Å². The first kappa shape index (κ1) is 34.7. The molecule has 3 aromatic rings. The Balaban J connectivity index is -0.000000460. The van der Waals surface area contributed by atoms with Gasteiger partial charge in [0.05, 0.1) is 0 Å². The molecule has 0 saturated carbocycles. The SMILES string of the molecule is CC1=[C-]C(C)C(C)=C1C.Cl.Cl.Fc1ccccc1-c1c[cH-]c2ccccc12.[CH3-].[CH3-].[Si]=[Zr]. The fourth-order valence-electron chi connectivity index (χ4n) is 3.23. The zero-order chi connectivity index (χ0) is 20.0. The van der Waals surface area contributed by atoms with Crippen molar-refractivity contribution < 1.29 is 27.7 Å². The van der Waals surface area contributed by atoms with Crippen LogP contribution in [0.4, 0.5) is 4.39 Å². The number of fused-ring (bicyclic) bond motifs is 1. The average Bonchev–Trinajstić information content (AvgIpc) is 3.21. The Morgan fingerprint density at radius 1 is 0.903 bits per heavy atom. The van der Waals surface area contributed by atoms with Crippen molar-refractivity contribution in [1.29, 1.82) is 0 Å². The summed E-state index contributed by atoms with van der Waals surface area (Å²) in [5.41, 5.74) is 5.88. The molecule has 0 nitrogen and oxygen atoms in total. The molecule has 31 heavy (non-hydrogen) atoms. The molecule has 1 aliphatic rings. The van der Waals surface area contributed by atoms with Gasteiger partial charge in [0.2, 0.25) is 0 Å². The van der Waals surface area contributed by atoms with E-state index in [9.17, 15) is 4.39 Å². The second-order valence-corrected chi connectivity index (χ2v) is 6.61. The van der Waals surface area contributed by atoms with Gasteiger partial charge in [-0.05, 0) is 11.6 Å². The molecular weight excluding hydrogens is 522 g/mol. The van der Waals surface area contributed by atoms with Gasteiger partial charge in [-0.3, -0.25) is 6.08 Å². The Bertz CT molecular complexity index is 992. The quantitative estimate of drug-likeness (QED) is 0.210. The topological polar surface area (TPSA) is 0 Å². The van der Waals surface area contributed by atoms with E-state index in [1.165, 1.54) is 46.1 Å². The zero-order valence-electron chi connectivity index (χ0n) is 19.0. The van der Waals surface area contributed by atoms with E-state index in [4.69, 9.17) is 0 Å². The molecule has 0 N–H and O–H groups in total. The molecule has 0 aromatic heterocycles. The van der Waals surface area contributed by atoms with Gasteiger partial charge in [-0.25, -0.2) is 9.96 Å². The standard InChI is InChI=1S/C15H10F.C9H13.2CH3.2ClH.Si.Zr/c16-15-8-4-3-7-14(15)13-10-9-11-5-1-2-6-12(11)13;1-6-5-7(2)9(4)8(6)3;;;;;;/h1-10H;6H,1-4H3;2*1H3;2*1H;;/q4*-1;;;;. The molecular formula is C26H31Cl2FSiZr-4. The second-order valence-electron chi connectivity index (χ2n) is 6.61. The van der Waals surface area contributed by atoms with Crippen LogP contribution in [0, 0.1) is 32.7 Å². The molecule has 1 unspecified atom stereocenters. The molecule has 0 heterocycles. The predicted octanol–water partition coefficient (Wildman–Crippen LogP) is 8.45. The van der Waals surface area contributed by atoms with Gasteiger partial charge in [-0.15, -0.1) is 78.4 Å². The van der Waals surface area contributed by atoms with Crippen molar-refractivity contribution in [2.45, 2.75) is 27.7 Å². The molecule has 168 valence electrons. The Kier molecular flexibility index (Phi) is 18.7. The average molecular weight is 553 g/mol. The summed E-state index contributed by atoms with van der Waals surface area (Å²) in [6, 6.07) is 18.9. The van der Waals surface area contributed by atoms with Gasteiger partial charge in [-0.2, -0.15) is 11.1 Å². The fraction of sp³-hybridized carbons (Fsp3) is 0.192. The maximum absolute atomic E-state index is 13.7. The van der Waals surface area contributed by atoms with Crippen molar-refractivity contribution in [3.63, 3.8) is 0 Å². The third kappa shape index (κ3) is 8.54. The molecule has 1 atom stereocenters. The molecule has 2 radical (unpaired) electrons. The van der Waals surface area contributed by atoms with E-state index in [0.29, 0.717) is 11.5 Å². The van der Waals surface area contributed by atoms with E-state index < -0.39 is 0 Å². The van der Waals surface area contributed by atoms with E-state index in [-0.39, 0.29) is 45.5 Å². The summed E-state index contributed by atoms with van der Waals surface area (Å²) in [5.74, 6) is 0.392. The molecule has 5 heteroatoms. The van der Waals surface area contributed by atoms with Crippen molar-refractivity contribution in [3.05, 3.63) is 104 Å². The van der Waals surface area contributed by atoms with Gasteiger partial charge in [0.1, 0.15) is 5.82 Å². The van der Waals surface area contributed by atoms with Crippen LogP contribution in [0.3, 0.4) is 0 Å². The van der Waals surface area contributed by atoms with E-state index in [2.05, 4.69) is 40.7 Å². The molecule has 0 spiro atoms. The van der Waals surface area contributed by atoms with Crippen molar-refractivity contribution in [2.24, 2.45) is 5.92 Å². The summed E-state index contributed by atoms with van der Waals surface area (Å²) >= 11 is 1.36. The van der Waals surface area contributed by atoms with Crippen LogP contribution in [0.15, 0.2) is 77.4 Å². The number of rotatable bonds is 1. The molecule has 3 aromatic carbocycles. The van der Waals surface area contributed by atoms with Crippen LogP contribution in [-0.2, 0) is 23.3 Å². The normalized spacial score (nSPS) is 13.5. The minimum absolute atomic E-state index is 0. The first-order valence-electron chi connectivity index (χ1n) is 8.91. The van der Waals surface area contributed by atoms with Gasteiger partial charge < -0.3 is 14.9 Å². The van der Waals surface area contributed by atoms with Gasteiger partial charge in [0.15, 0.2) is 0 Å². The number of hydrogen-bond donors (Lipinski definition) is 0. The third-order valence-electron chi connectivity index (χ3n) is 5.08. The summed E-state index contributed by atoms with van der Waals surface area (Å²) in [5, 5.41) is 2.26. The molecule has 4 rings (SSSR count). The van der Waals surface area contributed by atoms with Crippen molar-refractivity contribution in [2.75, 3.05) is 0 Å². The Morgan fingerprint density at radius 3 is 1.94 bits per heavy atom. The van der Waals surface area contributed by atoms with Crippen LogP contribution in [-0.4, -0.2) is 6.88 Å². The molecule has 0 fully saturated rings. The molecule has 1 aliphatic carbocycles. The van der Waals surface area contributed by atoms with Gasteiger partial charge in [0.25, 0.3) is 0 Å². The number of halogens is 3. The first-order chi connectivity index (χ1) is 13.0. The van der Waals surface area contributed by atoms with Crippen LogP contribution in [0.1, 0.15) is 27.7 Å². The summed E-state index contributed by atoms with van der Waals surface area (Å²) in [4.78, 5) is 0. The predicted molar refractivity (Wildman–Crippen MR) is 138 cm³/mol. The van der Waals surface area contributed by atoms with Crippen LogP contribution in [0.5, 0.6) is 0 Å². The molecule has 0 saturated heterocycles. The maximum atomic E-state index is 13.7. The van der Waals surface area contributed by atoms with Crippen molar-refractivity contribution in [3.8, 4) is 11.1 Å². The molecule has 0 aliphatic heterocycles. The summed E-state index contributed by atoms with van der Waals surface area (Å²) in [6.07, 6.45) is 3.36. The fourth-order valence-corrected chi connectivity index (χ4v) is 3.23. The number of allylic oxidation sites excluding steroid dienone is 4. The Labute approximate surface area is 217 Å².